The molecule has 19 heavy (non-hydrogen) atoms. The van der Waals surface area contributed by atoms with Crippen molar-refractivity contribution in [2.45, 2.75) is 59.4 Å². The van der Waals surface area contributed by atoms with Crippen molar-refractivity contribution in [3.63, 3.8) is 0 Å². The largest absolute Gasteiger partial charge is 0.467 e. The van der Waals surface area contributed by atoms with Gasteiger partial charge in [-0.25, -0.2) is 4.79 Å². The second-order valence-corrected chi connectivity index (χ2v) is 6.65. The Morgan fingerprint density at radius 2 is 2.00 bits per heavy atom. The Hall–Kier alpha value is -1.06. The number of ether oxygens (including phenoxy) is 1. The maximum absolute atomic E-state index is 12.4. The summed E-state index contributed by atoms with van der Waals surface area (Å²) >= 11 is 0. The van der Waals surface area contributed by atoms with Crippen molar-refractivity contribution in [2.75, 3.05) is 7.11 Å². The minimum atomic E-state index is -0.520. The zero-order chi connectivity index (χ0) is 14.6. The van der Waals surface area contributed by atoms with Gasteiger partial charge in [-0.05, 0) is 30.6 Å². The second kappa shape index (κ2) is 6.40. The molecule has 0 saturated heterocycles. The number of esters is 1. The Labute approximate surface area is 116 Å². The summed E-state index contributed by atoms with van der Waals surface area (Å²) in [5.41, 5.74) is 0.0303. The maximum Gasteiger partial charge on any atom is 0.328 e. The molecule has 1 rings (SSSR count). The van der Waals surface area contributed by atoms with Gasteiger partial charge < -0.3 is 10.1 Å². The molecular formula is C15H27NO3. The molecule has 1 fully saturated rings. The summed E-state index contributed by atoms with van der Waals surface area (Å²) in [4.78, 5) is 24.1. The minimum absolute atomic E-state index is 0.00134. The summed E-state index contributed by atoms with van der Waals surface area (Å²) in [5, 5.41) is 2.88. The van der Waals surface area contributed by atoms with E-state index in [1.54, 1.807) is 0 Å². The topological polar surface area (TPSA) is 55.4 Å². The molecule has 2 unspecified atom stereocenters. The summed E-state index contributed by atoms with van der Waals surface area (Å²) in [6.07, 6.45) is 3.68. The number of nitrogens with one attached hydrogen (secondary N) is 1. The molecule has 0 radical (unpaired) electrons. The molecule has 4 nitrogen and oxygen atoms in total. The van der Waals surface area contributed by atoms with Crippen molar-refractivity contribution in [1.82, 2.24) is 5.32 Å². The molecular weight excluding hydrogens is 242 g/mol. The average molecular weight is 269 g/mol. The van der Waals surface area contributed by atoms with Crippen molar-refractivity contribution in [2.24, 2.45) is 17.3 Å². The molecule has 0 spiro atoms. The van der Waals surface area contributed by atoms with Gasteiger partial charge in [0, 0.05) is 5.92 Å². The normalized spacial score (nSPS) is 23.2. The van der Waals surface area contributed by atoms with Crippen molar-refractivity contribution >= 4 is 11.9 Å². The maximum atomic E-state index is 12.4. The Bertz CT molecular complexity index is 336. The number of hydrogen-bond acceptors (Lipinski definition) is 3. The lowest BCUT2D eigenvalue weighted by Crippen LogP contribution is -2.46. The highest BCUT2D eigenvalue weighted by Gasteiger charge is 2.40. The number of methoxy groups -OCH3 is 1. The van der Waals surface area contributed by atoms with Gasteiger partial charge in [-0.3, -0.25) is 4.79 Å². The molecule has 1 amide bonds. The lowest BCUT2D eigenvalue weighted by molar-refractivity contribution is -0.146. The standard InChI is InChI=1S/C15H27NO3/c1-10(2)9-12(14(18)19-5)16-13(17)11-7-6-8-15(11,3)4/h10-12H,6-9H2,1-5H3,(H,16,17). The van der Waals surface area contributed by atoms with E-state index in [2.05, 4.69) is 19.2 Å². The smallest absolute Gasteiger partial charge is 0.328 e. The van der Waals surface area contributed by atoms with Crippen LogP contribution in [-0.2, 0) is 14.3 Å². The van der Waals surface area contributed by atoms with Crippen LogP contribution in [0.15, 0.2) is 0 Å². The van der Waals surface area contributed by atoms with E-state index in [0.29, 0.717) is 12.3 Å². The van der Waals surface area contributed by atoms with E-state index in [1.807, 2.05) is 13.8 Å². The quantitative estimate of drug-likeness (QED) is 0.780. The van der Waals surface area contributed by atoms with Gasteiger partial charge in [0.1, 0.15) is 6.04 Å². The first-order valence-electron chi connectivity index (χ1n) is 7.16. The first-order chi connectivity index (χ1) is 8.77. The van der Waals surface area contributed by atoms with E-state index in [0.717, 1.165) is 19.3 Å². The van der Waals surface area contributed by atoms with Gasteiger partial charge in [0.15, 0.2) is 0 Å². The van der Waals surface area contributed by atoms with E-state index in [4.69, 9.17) is 4.74 Å². The van der Waals surface area contributed by atoms with Crippen LogP contribution in [0.4, 0.5) is 0 Å². The molecule has 0 aromatic carbocycles. The van der Waals surface area contributed by atoms with Crippen LogP contribution in [0, 0.1) is 17.3 Å². The molecule has 1 aliphatic carbocycles. The summed E-state index contributed by atoms with van der Waals surface area (Å²) in [6.45, 7) is 8.31. The first kappa shape index (κ1) is 16.0. The second-order valence-electron chi connectivity index (χ2n) is 6.65. The number of hydrogen-bond donors (Lipinski definition) is 1. The lowest BCUT2D eigenvalue weighted by atomic mass is 9.81. The number of rotatable bonds is 5. The van der Waals surface area contributed by atoms with Crippen LogP contribution in [0.1, 0.15) is 53.4 Å². The van der Waals surface area contributed by atoms with Gasteiger partial charge in [0.05, 0.1) is 7.11 Å². The van der Waals surface area contributed by atoms with Gasteiger partial charge in [-0.1, -0.05) is 34.1 Å². The summed E-state index contributed by atoms with van der Waals surface area (Å²) in [5.74, 6) is -0.00999. The van der Waals surface area contributed by atoms with Gasteiger partial charge in [0.2, 0.25) is 5.91 Å². The highest BCUT2D eigenvalue weighted by atomic mass is 16.5. The highest BCUT2D eigenvalue weighted by molar-refractivity contribution is 5.86. The van der Waals surface area contributed by atoms with E-state index in [1.165, 1.54) is 7.11 Å². The molecule has 1 saturated carbocycles. The Morgan fingerprint density at radius 3 is 2.42 bits per heavy atom. The number of carbonyl (C=O) groups is 2. The zero-order valence-electron chi connectivity index (χ0n) is 12.8. The third-order valence-corrected chi connectivity index (χ3v) is 4.08. The molecule has 1 N–H and O–H groups in total. The zero-order valence-corrected chi connectivity index (χ0v) is 12.8. The van der Waals surface area contributed by atoms with E-state index < -0.39 is 6.04 Å². The predicted octanol–water partition coefficient (Wildman–Crippen LogP) is 2.52. The summed E-state index contributed by atoms with van der Waals surface area (Å²) in [7, 11) is 1.36. The predicted molar refractivity (Wildman–Crippen MR) is 74.5 cm³/mol. The fourth-order valence-corrected chi connectivity index (χ4v) is 2.91. The molecule has 0 heterocycles. The van der Waals surface area contributed by atoms with E-state index in [-0.39, 0.29) is 23.2 Å². The summed E-state index contributed by atoms with van der Waals surface area (Å²) in [6, 6.07) is -0.520. The van der Waals surface area contributed by atoms with Crippen LogP contribution < -0.4 is 5.32 Å². The van der Waals surface area contributed by atoms with Crippen molar-refractivity contribution in [1.29, 1.82) is 0 Å². The summed E-state index contributed by atoms with van der Waals surface area (Å²) < 4.78 is 4.78. The molecule has 0 bridgehead atoms. The van der Waals surface area contributed by atoms with Crippen LogP contribution in [0.5, 0.6) is 0 Å². The van der Waals surface area contributed by atoms with E-state index in [9.17, 15) is 9.59 Å². The number of amides is 1. The Morgan fingerprint density at radius 1 is 1.37 bits per heavy atom. The molecule has 0 aromatic heterocycles. The van der Waals surface area contributed by atoms with Crippen LogP contribution in [0.3, 0.4) is 0 Å². The molecule has 0 aliphatic heterocycles. The van der Waals surface area contributed by atoms with Crippen LogP contribution in [0.25, 0.3) is 0 Å². The third kappa shape index (κ3) is 4.22. The third-order valence-electron chi connectivity index (χ3n) is 4.08. The van der Waals surface area contributed by atoms with Crippen LogP contribution in [-0.4, -0.2) is 25.0 Å². The van der Waals surface area contributed by atoms with Crippen LogP contribution in [0.2, 0.25) is 0 Å². The minimum Gasteiger partial charge on any atom is -0.467 e. The van der Waals surface area contributed by atoms with Gasteiger partial charge in [0.25, 0.3) is 0 Å². The van der Waals surface area contributed by atoms with Crippen molar-refractivity contribution in [3.8, 4) is 0 Å². The molecule has 2 atom stereocenters. The number of carbonyl (C=O) groups excluding carboxylic acids is 2. The van der Waals surface area contributed by atoms with Gasteiger partial charge >= 0.3 is 5.97 Å². The van der Waals surface area contributed by atoms with Crippen molar-refractivity contribution < 1.29 is 14.3 Å². The fourth-order valence-electron chi connectivity index (χ4n) is 2.91. The highest BCUT2D eigenvalue weighted by Crippen LogP contribution is 2.42. The molecule has 4 heteroatoms. The van der Waals surface area contributed by atoms with Gasteiger partial charge in [-0.2, -0.15) is 0 Å². The first-order valence-corrected chi connectivity index (χ1v) is 7.16. The van der Waals surface area contributed by atoms with E-state index >= 15 is 0 Å². The molecule has 0 aromatic rings. The lowest BCUT2D eigenvalue weighted by Gasteiger charge is -2.28. The molecule has 1 aliphatic rings. The van der Waals surface area contributed by atoms with Gasteiger partial charge in [-0.15, -0.1) is 0 Å². The monoisotopic (exact) mass is 269 g/mol. The fraction of sp³-hybridized carbons (Fsp3) is 0.867. The molecule has 110 valence electrons. The Kier molecular flexibility index (Phi) is 5.39. The average Bonchev–Trinajstić information content (AvgIpc) is 2.66. The van der Waals surface area contributed by atoms with Crippen molar-refractivity contribution in [3.05, 3.63) is 0 Å². The Balaban J connectivity index is 2.68. The van der Waals surface area contributed by atoms with Crippen LogP contribution >= 0.6 is 0 Å². The SMILES string of the molecule is COC(=O)C(CC(C)C)NC(=O)C1CCCC1(C)C.